The standard InChI is InChI=1S/C20H29N5O2.HI/c1-22-20(25-9-4-5-15(13-25)11-18(21)26)23-12-19(27)24-10-8-16-6-2-3-7-17(16)14-24;/h2-3,6-7,15H,4-5,8-14H2,1H3,(H2,21,26)(H,22,23);1H. The zero-order valence-corrected chi connectivity index (χ0v) is 18.7. The van der Waals surface area contributed by atoms with Crippen molar-refractivity contribution >= 4 is 41.8 Å². The third-order valence-electron chi connectivity index (χ3n) is 5.40. The van der Waals surface area contributed by atoms with E-state index in [0.717, 1.165) is 44.9 Å². The molecule has 0 radical (unpaired) electrons. The average molecular weight is 499 g/mol. The van der Waals surface area contributed by atoms with Crippen molar-refractivity contribution in [2.45, 2.75) is 32.2 Å². The van der Waals surface area contributed by atoms with Crippen LogP contribution in [0, 0.1) is 5.92 Å². The van der Waals surface area contributed by atoms with Crippen LogP contribution < -0.4 is 11.1 Å². The van der Waals surface area contributed by atoms with E-state index in [-0.39, 0.29) is 48.3 Å². The van der Waals surface area contributed by atoms with E-state index in [1.807, 2.05) is 17.0 Å². The van der Waals surface area contributed by atoms with E-state index < -0.39 is 0 Å². The fourth-order valence-corrected chi connectivity index (χ4v) is 4.02. The number of hydrogen-bond acceptors (Lipinski definition) is 3. The smallest absolute Gasteiger partial charge is 0.242 e. The van der Waals surface area contributed by atoms with Crippen molar-refractivity contribution in [3.63, 3.8) is 0 Å². The van der Waals surface area contributed by atoms with Crippen LogP contribution in [0.5, 0.6) is 0 Å². The fourth-order valence-electron chi connectivity index (χ4n) is 4.02. The molecule has 1 unspecified atom stereocenters. The largest absolute Gasteiger partial charge is 0.370 e. The topological polar surface area (TPSA) is 91.0 Å². The Labute approximate surface area is 183 Å². The van der Waals surface area contributed by atoms with Gasteiger partial charge in [0.1, 0.15) is 0 Å². The molecule has 2 heterocycles. The number of carbonyl (C=O) groups is 2. The van der Waals surface area contributed by atoms with Crippen LogP contribution in [0.3, 0.4) is 0 Å². The van der Waals surface area contributed by atoms with Crippen LogP contribution in [0.4, 0.5) is 0 Å². The van der Waals surface area contributed by atoms with Crippen molar-refractivity contribution in [2.75, 3.05) is 33.2 Å². The molecule has 28 heavy (non-hydrogen) atoms. The predicted molar refractivity (Wildman–Crippen MR) is 120 cm³/mol. The Morgan fingerprint density at radius 2 is 1.96 bits per heavy atom. The molecule has 1 aromatic rings. The Morgan fingerprint density at radius 1 is 1.21 bits per heavy atom. The van der Waals surface area contributed by atoms with Crippen molar-refractivity contribution in [1.82, 2.24) is 15.1 Å². The van der Waals surface area contributed by atoms with Gasteiger partial charge in [0.2, 0.25) is 11.8 Å². The Hall–Kier alpha value is -1.84. The van der Waals surface area contributed by atoms with Crippen molar-refractivity contribution in [1.29, 1.82) is 0 Å². The van der Waals surface area contributed by atoms with Gasteiger partial charge in [-0.3, -0.25) is 14.6 Å². The number of piperidine rings is 1. The zero-order valence-electron chi connectivity index (χ0n) is 16.4. The Balaban J connectivity index is 0.00000280. The van der Waals surface area contributed by atoms with E-state index >= 15 is 0 Å². The number of rotatable bonds is 4. The number of hydrogen-bond donors (Lipinski definition) is 2. The van der Waals surface area contributed by atoms with Crippen molar-refractivity contribution in [3.05, 3.63) is 35.4 Å². The van der Waals surface area contributed by atoms with Crippen LogP contribution in [-0.2, 0) is 22.6 Å². The summed E-state index contributed by atoms with van der Waals surface area (Å²) in [4.78, 5) is 32.2. The van der Waals surface area contributed by atoms with Crippen molar-refractivity contribution in [2.24, 2.45) is 16.6 Å². The maximum absolute atomic E-state index is 12.6. The number of amides is 2. The molecule has 8 heteroatoms. The molecule has 0 aliphatic carbocycles. The molecule has 0 bridgehead atoms. The van der Waals surface area contributed by atoms with Gasteiger partial charge in [0, 0.05) is 39.6 Å². The van der Waals surface area contributed by atoms with Crippen molar-refractivity contribution in [3.8, 4) is 0 Å². The van der Waals surface area contributed by atoms with Gasteiger partial charge >= 0.3 is 0 Å². The molecule has 154 valence electrons. The lowest BCUT2D eigenvalue weighted by Gasteiger charge is -2.35. The highest BCUT2D eigenvalue weighted by Gasteiger charge is 2.25. The third-order valence-corrected chi connectivity index (χ3v) is 5.40. The molecule has 2 aliphatic rings. The van der Waals surface area contributed by atoms with Gasteiger partial charge in [-0.1, -0.05) is 24.3 Å². The lowest BCUT2D eigenvalue weighted by Crippen LogP contribution is -2.50. The quantitative estimate of drug-likeness (QED) is 0.372. The normalized spacial score (nSPS) is 19.5. The summed E-state index contributed by atoms with van der Waals surface area (Å²) < 4.78 is 0. The highest BCUT2D eigenvalue weighted by Crippen LogP contribution is 2.20. The maximum Gasteiger partial charge on any atom is 0.242 e. The van der Waals surface area contributed by atoms with Gasteiger partial charge < -0.3 is 20.9 Å². The van der Waals surface area contributed by atoms with Gasteiger partial charge in [0.05, 0.1) is 6.54 Å². The number of likely N-dealkylation sites (tertiary alicyclic amines) is 1. The summed E-state index contributed by atoms with van der Waals surface area (Å²) in [6.07, 6.45) is 3.30. The first-order chi connectivity index (χ1) is 13.1. The van der Waals surface area contributed by atoms with Gasteiger partial charge in [-0.2, -0.15) is 0 Å². The molecule has 1 aromatic carbocycles. The van der Waals surface area contributed by atoms with Gasteiger partial charge in [-0.25, -0.2) is 0 Å². The Bertz CT molecular complexity index is 724. The second kappa shape index (κ2) is 10.6. The van der Waals surface area contributed by atoms with E-state index in [1.54, 1.807) is 7.05 Å². The first-order valence-electron chi connectivity index (χ1n) is 9.65. The molecule has 0 spiro atoms. The minimum atomic E-state index is -0.259. The molecule has 0 aromatic heterocycles. The lowest BCUT2D eigenvalue weighted by atomic mass is 9.95. The number of halogens is 1. The van der Waals surface area contributed by atoms with Gasteiger partial charge in [0.25, 0.3) is 0 Å². The van der Waals surface area contributed by atoms with E-state index in [4.69, 9.17) is 5.73 Å². The monoisotopic (exact) mass is 499 g/mol. The SMILES string of the molecule is CN=C(NCC(=O)N1CCc2ccccc2C1)N1CCCC(CC(N)=O)C1.I. The summed E-state index contributed by atoms with van der Waals surface area (Å²) in [6.45, 7) is 3.26. The van der Waals surface area contributed by atoms with Crippen LogP contribution in [0.25, 0.3) is 0 Å². The molecule has 1 saturated heterocycles. The van der Waals surface area contributed by atoms with Crippen LogP contribution >= 0.6 is 24.0 Å². The Kier molecular flexibility index (Phi) is 8.53. The first-order valence-corrected chi connectivity index (χ1v) is 9.65. The Morgan fingerprint density at radius 3 is 2.68 bits per heavy atom. The lowest BCUT2D eigenvalue weighted by molar-refractivity contribution is -0.130. The number of carbonyl (C=O) groups excluding carboxylic acids is 2. The highest BCUT2D eigenvalue weighted by atomic mass is 127. The second-order valence-electron chi connectivity index (χ2n) is 7.36. The maximum atomic E-state index is 12.6. The molecule has 1 atom stereocenters. The van der Waals surface area contributed by atoms with Crippen LogP contribution in [0.1, 0.15) is 30.4 Å². The molecule has 2 aliphatic heterocycles. The van der Waals surface area contributed by atoms with Crippen LogP contribution in [0.15, 0.2) is 29.3 Å². The summed E-state index contributed by atoms with van der Waals surface area (Å²) in [6, 6.07) is 8.29. The summed E-state index contributed by atoms with van der Waals surface area (Å²) in [7, 11) is 1.72. The number of benzene rings is 1. The summed E-state index contributed by atoms with van der Waals surface area (Å²) >= 11 is 0. The number of nitrogens with zero attached hydrogens (tertiary/aromatic N) is 3. The minimum absolute atomic E-state index is 0. The van der Waals surface area contributed by atoms with Gasteiger partial charge in [-0.15, -0.1) is 24.0 Å². The highest BCUT2D eigenvalue weighted by molar-refractivity contribution is 14.0. The van der Waals surface area contributed by atoms with E-state index in [0.29, 0.717) is 13.0 Å². The van der Waals surface area contributed by atoms with E-state index in [1.165, 1.54) is 11.1 Å². The first kappa shape index (κ1) is 22.4. The van der Waals surface area contributed by atoms with E-state index in [9.17, 15) is 9.59 Å². The number of nitrogens with one attached hydrogen (secondary N) is 1. The number of primary amides is 1. The summed E-state index contributed by atoms with van der Waals surface area (Å²) in [5.41, 5.74) is 7.90. The third kappa shape index (κ3) is 5.83. The second-order valence-corrected chi connectivity index (χ2v) is 7.36. The average Bonchev–Trinajstić information content (AvgIpc) is 2.67. The minimum Gasteiger partial charge on any atom is -0.370 e. The van der Waals surface area contributed by atoms with Crippen LogP contribution in [-0.4, -0.2) is 60.8 Å². The number of fused-ring (bicyclic) bond motifs is 1. The number of nitrogens with two attached hydrogens (primary N) is 1. The molecule has 3 rings (SSSR count). The molecule has 3 N–H and O–H groups in total. The van der Waals surface area contributed by atoms with Gasteiger partial charge in [-0.05, 0) is 36.3 Å². The molecule has 1 fully saturated rings. The molecule has 0 saturated carbocycles. The zero-order chi connectivity index (χ0) is 19.2. The summed E-state index contributed by atoms with van der Waals surface area (Å²) in [5, 5.41) is 3.20. The number of aliphatic imine (C=N–C) groups is 1. The van der Waals surface area contributed by atoms with Gasteiger partial charge in [0.15, 0.2) is 5.96 Å². The molecule has 7 nitrogen and oxygen atoms in total. The predicted octanol–water partition coefficient (Wildman–Crippen LogP) is 1.35. The molecular weight excluding hydrogens is 469 g/mol. The van der Waals surface area contributed by atoms with Crippen molar-refractivity contribution < 1.29 is 9.59 Å². The fraction of sp³-hybridized carbons (Fsp3) is 0.550. The van der Waals surface area contributed by atoms with E-state index in [2.05, 4.69) is 27.3 Å². The molecular formula is C20H30IN5O2. The summed E-state index contributed by atoms with van der Waals surface area (Å²) in [5.74, 6) is 0.792. The number of guanidine groups is 1. The van der Waals surface area contributed by atoms with Crippen LogP contribution in [0.2, 0.25) is 0 Å². The molecule has 2 amide bonds.